The van der Waals surface area contributed by atoms with Crippen LogP contribution in [0, 0.1) is 0 Å². The average Bonchev–Trinajstić information content (AvgIpc) is 2.39. The number of methoxy groups -OCH3 is 1. The second-order valence-corrected chi connectivity index (χ2v) is 4.73. The molecule has 1 aliphatic rings. The Morgan fingerprint density at radius 1 is 1.37 bits per heavy atom. The van der Waals surface area contributed by atoms with Gasteiger partial charge in [-0.25, -0.2) is 4.79 Å². The molecule has 6 heteroatoms. The van der Waals surface area contributed by atoms with E-state index in [0.29, 0.717) is 12.6 Å². The van der Waals surface area contributed by atoms with Crippen LogP contribution >= 0.6 is 0 Å². The number of carbonyl (C=O) groups excluding carboxylic acids is 2. The quantitative estimate of drug-likeness (QED) is 0.698. The number of likely N-dealkylation sites (tertiary alicyclic amines) is 1. The minimum atomic E-state index is -0.592. The minimum absolute atomic E-state index is 0.223. The summed E-state index contributed by atoms with van der Waals surface area (Å²) in [6, 6.07) is -0.592. The number of hydrogen-bond acceptors (Lipinski definition) is 5. The van der Waals surface area contributed by atoms with E-state index >= 15 is 0 Å². The zero-order valence-electron chi connectivity index (χ0n) is 12.0. The van der Waals surface area contributed by atoms with Crippen molar-refractivity contribution in [2.75, 3.05) is 33.4 Å². The molecule has 1 unspecified atom stereocenters. The lowest BCUT2D eigenvalue weighted by Gasteiger charge is -2.33. The van der Waals surface area contributed by atoms with Crippen LogP contribution in [-0.4, -0.2) is 62.3 Å². The molecule has 110 valence electrons. The van der Waals surface area contributed by atoms with Gasteiger partial charge in [-0.1, -0.05) is 0 Å². The number of amides is 1. The number of ether oxygens (including phenoxy) is 2. The molecule has 1 N–H and O–H groups in total. The third-order valence-electron chi connectivity index (χ3n) is 3.24. The van der Waals surface area contributed by atoms with Gasteiger partial charge in [-0.2, -0.15) is 0 Å². The molecule has 0 aromatic carbocycles. The Morgan fingerprint density at radius 2 is 2.00 bits per heavy atom. The summed E-state index contributed by atoms with van der Waals surface area (Å²) in [6.45, 7) is 6.37. The fourth-order valence-electron chi connectivity index (χ4n) is 2.32. The van der Waals surface area contributed by atoms with Crippen molar-refractivity contribution in [1.82, 2.24) is 10.2 Å². The lowest BCUT2D eigenvalue weighted by molar-refractivity contribution is -0.145. The number of nitrogens with one attached hydrogen (secondary N) is 1. The SMILES string of the molecule is CCOC1CCN(CC(NC(C)=O)C(=O)OC)CC1. The van der Waals surface area contributed by atoms with Crippen molar-refractivity contribution in [1.29, 1.82) is 0 Å². The molecule has 6 nitrogen and oxygen atoms in total. The van der Waals surface area contributed by atoms with Gasteiger partial charge in [0.25, 0.3) is 0 Å². The lowest BCUT2D eigenvalue weighted by atomic mass is 10.1. The molecule has 1 rings (SSSR count). The number of piperidine rings is 1. The lowest BCUT2D eigenvalue weighted by Crippen LogP contribution is -2.50. The molecule has 1 amide bonds. The predicted molar refractivity (Wildman–Crippen MR) is 70.7 cm³/mol. The summed E-state index contributed by atoms with van der Waals surface area (Å²) in [5.41, 5.74) is 0. The summed E-state index contributed by atoms with van der Waals surface area (Å²) in [5, 5.41) is 2.63. The zero-order chi connectivity index (χ0) is 14.3. The summed E-state index contributed by atoms with van der Waals surface area (Å²) < 4.78 is 10.3. The highest BCUT2D eigenvalue weighted by Crippen LogP contribution is 2.14. The summed E-state index contributed by atoms with van der Waals surface area (Å²) in [5.74, 6) is -0.623. The number of rotatable bonds is 6. The van der Waals surface area contributed by atoms with E-state index in [2.05, 4.69) is 10.2 Å². The normalized spacial score (nSPS) is 18.9. The topological polar surface area (TPSA) is 67.9 Å². The largest absolute Gasteiger partial charge is 0.467 e. The monoisotopic (exact) mass is 272 g/mol. The molecule has 0 radical (unpaired) electrons. The highest BCUT2D eigenvalue weighted by Gasteiger charge is 2.26. The van der Waals surface area contributed by atoms with E-state index in [0.717, 1.165) is 32.5 Å². The Morgan fingerprint density at radius 3 is 2.47 bits per heavy atom. The van der Waals surface area contributed by atoms with Gasteiger partial charge in [-0.05, 0) is 19.8 Å². The van der Waals surface area contributed by atoms with Gasteiger partial charge in [-0.15, -0.1) is 0 Å². The Bertz CT molecular complexity index is 301. The van der Waals surface area contributed by atoms with Crippen LogP contribution in [0.2, 0.25) is 0 Å². The average molecular weight is 272 g/mol. The highest BCUT2D eigenvalue weighted by atomic mass is 16.5. The van der Waals surface area contributed by atoms with Crippen LogP contribution in [-0.2, 0) is 19.1 Å². The van der Waals surface area contributed by atoms with Crippen molar-refractivity contribution in [3.05, 3.63) is 0 Å². The van der Waals surface area contributed by atoms with Gasteiger partial charge in [-0.3, -0.25) is 4.79 Å². The van der Waals surface area contributed by atoms with Crippen LogP contribution in [0.15, 0.2) is 0 Å². The van der Waals surface area contributed by atoms with Crippen LogP contribution in [0.25, 0.3) is 0 Å². The van der Waals surface area contributed by atoms with Gasteiger partial charge in [0.05, 0.1) is 13.2 Å². The molecule has 1 fully saturated rings. The number of esters is 1. The van der Waals surface area contributed by atoms with Gasteiger partial charge >= 0.3 is 5.97 Å². The zero-order valence-corrected chi connectivity index (χ0v) is 12.0. The molecule has 1 heterocycles. The van der Waals surface area contributed by atoms with E-state index in [4.69, 9.17) is 9.47 Å². The molecule has 1 aliphatic heterocycles. The van der Waals surface area contributed by atoms with Gasteiger partial charge in [0.15, 0.2) is 0 Å². The van der Waals surface area contributed by atoms with Gasteiger partial charge < -0.3 is 19.7 Å². The first-order chi connectivity index (χ1) is 9.06. The summed E-state index contributed by atoms with van der Waals surface area (Å²) in [7, 11) is 1.33. The molecular weight excluding hydrogens is 248 g/mol. The number of hydrogen-bond donors (Lipinski definition) is 1. The van der Waals surface area contributed by atoms with Crippen molar-refractivity contribution < 1.29 is 19.1 Å². The van der Waals surface area contributed by atoms with Crippen molar-refractivity contribution in [2.24, 2.45) is 0 Å². The maximum Gasteiger partial charge on any atom is 0.329 e. The maximum atomic E-state index is 11.6. The van der Waals surface area contributed by atoms with Crippen molar-refractivity contribution in [3.8, 4) is 0 Å². The van der Waals surface area contributed by atoms with Crippen molar-refractivity contribution in [2.45, 2.75) is 38.8 Å². The summed E-state index contributed by atoms with van der Waals surface area (Å²) in [6.07, 6.45) is 2.24. The van der Waals surface area contributed by atoms with E-state index in [1.165, 1.54) is 14.0 Å². The molecule has 0 saturated carbocycles. The smallest absolute Gasteiger partial charge is 0.329 e. The van der Waals surface area contributed by atoms with Crippen molar-refractivity contribution in [3.63, 3.8) is 0 Å². The molecule has 0 aromatic heterocycles. The highest BCUT2D eigenvalue weighted by molar-refractivity contribution is 5.83. The number of nitrogens with zero attached hydrogens (tertiary/aromatic N) is 1. The van der Waals surface area contributed by atoms with Crippen LogP contribution in [0.1, 0.15) is 26.7 Å². The molecular formula is C13H24N2O4. The molecule has 0 aromatic rings. The van der Waals surface area contributed by atoms with Crippen LogP contribution in [0.4, 0.5) is 0 Å². The standard InChI is InChI=1S/C13H24N2O4/c1-4-19-11-5-7-15(8-6-11)9-12(13(17)18-3)14-10(2)16/h11-12H,4-9H2,1-3H3,(H,14,16). The first kappa shape index (κ1) is 15.9. The maximum absolute atomic E-state index is 11.6. The first-order valence-electron chi connectivity index (χ1n) is 6.75. The van der Waals surface area contributed by atoms with E-state index in [9.17, 15) is 9.59 Å². The third-order valence-corrected chi connectivity index (χ3v) is 3.24. The predicted octanol–water partition coefficient (Wildman–Crippen LogP) is 0.165. The summed E-state index contributed by atoms with van der Waals surface area (Å²) in [4.78, 5) is 24.9. The second kappa shape index (κ2) is 8.12. The Labute approximate surface area is 114 Å². The van der Waals surface area contributed by atoms with E-state index < -0.39 is 12.0 Å². The van der Waals surface area contributed by atoms with Gasteiger partial charge in [0.1, 0.15) is 6.04 Å². The fourth-order valence-corrected chi connectivity index (χ4v) is 2.32. The number of carbonyl (C=O) groups is 2. The van der Waals surface area contributed by atoms with Gasteiger partial charge in [0, 0.05) is 33.2 Å². The van der Waals surface area contributed by atoms with Crippen molar-refractivity contribution >= 4 is 11.9 Å². The van der Waals surface area contributed by atoms with E-state index in [1.54, 1.807) is 0 Å². The van der Waals surface area contributed by atoms with Crippen LogP contribution < -0.4 is 5.32 Å². The second-order valence-electron chi connectivity index (χ2n) is 4.73. The summed E-state index contributed by atoms with van der Waals surface area (Å²) >= 11 is 0. The van der Waals surface area contributed by atoms with Crippen LogP contribution in [0.5, 0.6) is 0 Å². The van der Waals surface area contributed by atoms with E-state index in [-0.39, 0.29) is 5.91 Å². The fraction of sp³-hybridized carbons (Fsp3) is 0.846. The Balaban J connectivity index is 2.43. The molecule has 1 atom stereocenters. The minimum Gasteiger partial charge on any atom is -0.467 e. The molecule has 0 bridgehead atoms. The van der Waals surface area contributed by atoms with E-state index in [1.807, 2.05) is 6.92 Å². The molecule has 0 spiro atoms. The third kappa shape index (κ3) is 5.57. The molecule has 1 saturated heterocycles. The first-order valence-corrected chi connectivity index (χ1v) is 6.75. The van der Waals surface area contributed by atoms with Gasteiger partial charge in [0.2, 0.25) is 5.91 Å². The Hall–Kier alpha value is -1.14. The van der Waals surface area contributed by atoms with Crippen LogP contribution in [0.3, 0.4) is 0 Å². The molecule has 0 aliphatic carbocycles. The molecule has 19 heavy (non-hydrogen) atoms. The Kier molecular flexibility index (Phi) is 6.80.